The van der Waals surface area contributed by atoms with Crippen molar-refractivity contribution in [2.75, 3.05) is 13.1 Å². The average molecular weight is 252 g/mol. The van der Waals surface area contributed by atoms with Crippen LogP contribution in [0.1, 0.15) is 23.4 Å². The third kappa shape index (κ3) is 3.33. The molecular weight excluding hydrogens is 236 g/mol. The third-order valence-electron chi connectivity index (χ3n) is 2.95. The molecule has 98 valence electrons. The maximum Gasteiger partial charge on any atom is 0.287 e. The summed E-state index contributed by atoms with van der Waals surface area (Å²) in [6.45, 7) is 0.474. The molecule has 1 fully saturated rings. The Morgan fingerprint density at radius 2 is 2.17 bits per heavy atom. The van der Waals surface area contributed by atoms with E-state index < -0.39 is 5.91 Å². The van der Waals surface area contributed by atoms with Crippen LogP contribution in [0.15, 0.2) is 22.8 Å². The van der Waals surface area contributed by atoms with Crippen molar-refractivity contribution in [1.29, 1.82) is 0 Å². The number of aliphatic hydroxyl groups excluding tert-OH is 1. The molecule has 0 unspecified atom stereocenters. The van der Waals surface area contributed by atoms with Crippen LogP contribution in [-0.4, -0.2) is 36.1 Å². The van der Waals surface area contributed by atoms with E-state index in [2.05, 4.69) is 10.6 Å². The Morgan fingerprint density at radius 1 is 1.39 bits per heavy atom. The van der Waals surface area contributed by atoms with Gasteiger partial charge in [-0.25, -0.2) is 0 Å². The van der Waals surface area contributed by atoms with Crippen molar-refractivity contribution >= 4 is 11.8 Å². The highest BCUT2D eigenvalue weighted by atomic mass is 16.3. The Hall–Kier alpha value is -1.82. The van der Waals surface area contributed by atoms with Crippen molar-refractivity contribution in [3.63, 3.8) is 0 Å². The van der Waals surface area contributed by atoms with Crippen molar-refractivity contribution < 1.29 is 19.1 Å². The zero-order valence-electron chi connectivity index (χ0n) is 9.89. The van der Waals surface area contributed by atoms with Gasteiger partial charge in [-0.05, 0) is 30.9 Å². The van der Waals surface area contributed by atoms with Crippen molar-refractivity contribution in [1.82, 2.24) is 10.6 Å². The van der Waals surface area contributed by atoms with E-state index in [1.165, 1.54) is 12.3 Å². The van der Waals surface area contributed by atoms with E-state index in [9.17, 15) is 9.59 Å². The molecule has 2 rings (SSSR count). The minimum absolute atomic E-state index is 0.0746. The molecule has 0 aromatic carbocycles. The monoisotopic (exact) mass is 252 g/mol. The normalized spacial score (nSPS) is 22.1. The second-order valence-electron chi connectivity index (χ2n) is 4.46. The number of hydrogen-bond donors (Lipinski definition) is 3. The standard InChI is InChI=1S/C12H16N2O4/c15-9-4-8(5-9)6-13-11(16)7-14-12(17)10-2-1-3-18-10/h1-3,8-9,15H,4-7H2,(H,13,16)(H,14,17). The first-order chi connectivity index (χ1) is 8.65. The summed E-state index contributed by atoms with van der Waals surface area (Å²) < 4.78 is 4.89. The molecule has 1 aromatic rings. The summed E-state index contributed by atoms with van der Waals surface area (Å²) in [6.07, 6.45) is 2.65. The quantitative estimate of drug-likeness (QED) is 0.682. The van der Waals surface area contributed by atoms with Gasteiger partial charge in [-0.15, -0.1) is 0 Å². The minimum Gasteiger partial charge on any atom is -0.459 e. The fraction of sp³-hybridized carbons (Fsp3) is 0.500. The van der Waals surface area contributed by atoms with Gasteiger partial charge in [0.05, 0.1) is 18.9 Å². The second-order valence-corrected chi connectivity index (χ2v) is 4.46. The van der Waals surface area contributed by atoms with Crippen LogP contribution < -0.4 is 10.6 Å². The lowest BCUT2D eigenvalue weighted by molar-refractivity contribution is -0.120. The summed E-state index contributed by atoms with van der Waals surface area (Å²) in [5.41, 5.74) is 0. The Balaban J connectivity index is 1.61. The predicted molar refractivity (Wildman–Crippen MR) is 62.8 cm³/mol. The van der Waals surface area contributed by atoms with Gasteiger partial charge in [-0.2, -0.15) is 0 Å². The van der Waals surface area contributed by atoms with Crippen LogP contribution in [0.5, 0.6) is 0 Å². The first kappa shape index (κ1) is 12.6. The van der Waals surface area contributed by atoms with E-state index in [0.717, 1.165) is 12.8 Å². The van der Waals surface area contributed by atoms with Gasteiger partial charge >= 0.3 is 0 Å². The van der Waals surface area contributed by atoms with E-state index in [1.54, 1.807) is 6.07 Å². The van der Waals surface area contributed by atoms with Crippen molar-refractivity contribution in [3.05, 3.63) is 24.2 Å². The highest BCUT2D eigenvalue weighted by Gasteiger charge is 2.27. The topological polar surface area (TPSA) is 91.6 Å². The summed E-state index contributed by atoms with van der Waals surface area (Å²) in [6, 6.07) is 3.14. The lowest BCUT2D eigenvalue weighted by atomic mass is 9.82. The van der Waals surface area contributed by atoms with Crippen molar-refractivity contribution in [2.45, 2.75) is 18.9 Å². The summed E-state index contributed by atoms with van der Waals surface area (Å²) in [5, 5.41) is 14.3. The van der Waals surface area contributed by atoms with E-state index in [0.29, 0.717) is 12.5 Å². The fourth-order valence-electron chi connectivity index (χ4n) is 1.84. The maximum absolute atomic E-state index is 11.4. The molecule has 3 N–H and O–H groups in total. The van der Waals surface area contributed by atoms with Crippen LogP contribution in [0.25, 0.3) is 0 Å². The van der Waals surface area contributed by atoms with Gasteiger partial charge in [-0.3, -0.25) is 9.59 Å². The molecule has 6 nitrogen and oxygen atoms in total. The van der Waals surface area contributed by atoms with Crippen LogP contribution in [0.3, 0.4) is 0 Å². The van der Waals surface area contributed by atoms with Crippen LogP contribution >= 0.6 is 0 Å². The zero-order valence-corrected chi connectivity index (χ0v) is 9.89. The van der Waals surface area contributed by atoms with Gasteiger partial charge in [0.15, 0.2) is 5.76 Å². The number of nitrogens with one attached hydrogen (secondary N) is 2. The molecule has 1 saturated carbocycles. The third-order valence-corrected chi connectivity index (χ3v) is 2.95. The Labute approximate surface area is 104 Å². The number of carbonyl (C=O) groups excluding carboxylic acids is 2. The molecule has 1 heterocycles. The summed E-state index contributed by atoms with van der Waals surface area (Å²) in [5.74, 6) is -0.111. The number of carbonyl (C=O) groups is 2. The Bertz CT molecular complexity index is 410. The Morgan fingerprint density at radius 3 is 2.78 bits per heavy atom. The van der Waals surface area contributed by atoms with Gasteiger partial charge in [0.2, 0.25) is 5.91 Å². The SMILES string of the molecule is O=C(CNC(=O)c1ccco1)NCC1CC(O)C1. The highest BCUT2D eigenvalue weighted by Crippen LogP contribution is 2.25. The molecule has 0 atom stereocenters. The molecule has 0 radical (unpaired) electrons. The summed E-state index contributed by atoms with van der Waals surface area (Å²) in [4.78, 5) is 22.9. The average Bonchev–Trinajstić information content (AvgIpc) is 2.83. The fourth-order valence-corrected chi connectivity index (χ4v) is 1.84. The van der Waals surface area contributed by atoms with Gasteiger partial charge < -0.3 is 20.2 Å². The van der Waals surface area contributed by atoms with E-state index in [-0.39, 0.29) is 24.3 Å². The molecular formula is C12H16N2O4. The molecule has 0 saturated heterocycles. The first-order valence-electron chi connectivity index (χ1n) is 5.91. The smallest absolute Gasteiger partial charge is 0.287 e. The maximum atomic E-state index is 11.4. The molecule has 1 aliphatic carbocycles. The van der Waals surface area contributed by atoms with Crippen LogP contribution in [0, 0.1) is 5.92 Å². The van der Waals surface area contributed by atoms with E-state index in [4.69, 9.17) is 9.52 Å². The van der Waals surface area contributed by atoms with Crippen LogP contribution in [-0.2, 0) is 4.79 Å². The molecule has 0 spiro atoms. The van der Waals surface area contributed by atoms with Crippen molar-refractivity contribution in [3.8, 4) is 0 Å². The molecule has 6 heteroatoms. The molecule has 18 heavy (non-hydrogen) atoms. The Kier molecular flexibility index (Phi) is 3.99. The lowest BCUT2D eigenvalue weighted by Gasteiger charge is -2.31. The van der Waals surface area contributed by atoms with Gasteiger partial charge in [0.25, 0.3) is 5.91 Å². The summed E-state index contributed by atoms with van der Waals surface area (Å²) >= 11 is 0. The molecule has 0 aliphatic heterocycles. The minimum atomic E-state index is -0.408. The van der Waals surface area contributed by atoms with Gasteiger partial charge in [0.1, 0.15) is 0 Å². The lowest BCUT2D eigenvalue weighted by Crippen LogP contribution is -2.42. The number of furan rings is 1. The van der Waals surface area contributed by atoms with Gasteiger partial charge in [-0.1, -0.05) is 0 Å². The largest absolute Gasteiger partial charge is 0.459 e. The number of aliphatic hydroxyl groups is 1. The number of amides is 2. The van der Waals surface area contributed by atoms with Crippen LogP contribution in [0.2, 0.25) is 0 Å². The number of rotatable bonds is 5. The molecule has 1 aromatic heterocycles. The zero-order chi connectivity index (χ0) is 13.0. The molecule has 0 bridgehead atoms. The highest BCUT2D eigenvalue weighted by molar-refractivity contribution is 5.94. The van der Waals surface area contributed by atoms with E-state index in [1.807, 2.05) is 0 Å². The summed E-state index contributed by atoms with van der Waals surface area (Å²) in [7, 11) is 0. The molecule has 2 amide bonds. The predicted octanol–water partition coefficient (Wildman–Crippen LogP) is -0.104. The second kappa shape index (κ2) is 5.68. The number of hydrogen-bond acceptors (Lipinski definition) is 4. The van der Waals surface area contributed by atoms with Crippen LogP contribution in [0.4, 0.5) is 0 Å². The van der Waals surface area contributed by atoms with Gasteiger partial charge in [0, 0.05) is 6.54 Å². The first-order valence-corrected chi connectivity index (χ1v) is 5.91. The van der Waals surface area contributed by atoms with Crippen molar-refractivity contribution in [2.24, 2.45) is 5.92 Å². The molecule has 1 aliphatic rings. The van der Waals surface area contributed by atoms with E-state index >= 15 is 0 Å².